The second-order valence-corrected chi connectivity index (χ2v) is 7.50. The number of aryl methyl sites for hydroxylation is 1. The Bertz CT molecular complexity index is 549. The molecule has 0 fully saturated rings. The maximum Gasteiger partial charge on any atom is 0.169 e. The highest BCUT2D eigenvalue weighted by atomic mass is 16.3. The smallest absolute Gasteiger partial charge is 0.169 e. The molecule has 4 heteroatoms. The Morgan fingerprint density at radius 1 is 1.35 bits per heavy atom. The Hall–Kier alpha value is -1.13. The van der Waals surface area contributed by atoms with Crippen LogP contribution < -0.4 is 0 Å². The van der Waals surface area contributed by atoms with Gasteiger partial charge in [0.15, 0.2) is 5.78 Å². The van der Waals surface area contributed by atoms with Crippen molar-refractivity contribution in [1.29, 1.82) is 0 Å². The summed E-state index contributed by atoms with van der Waals surface area (Å²) < 4.78 is 1.92. The highest BCUT2D eigenvalue weighted by Gasteiger charge is 2.45. The van der Waals surface area contributed by atoms with E-state index in [9.17, 15) is 15.0 Å². The number of nitrogens with zero attached hydrogens (tertiary/aromatic N) is 1. The summed E-state index contributed by atoms with van der Waals surface area (Å²) in [5.41, 5.74) is 1.48. The summed E-state index contributed by atoms with van der Waals surface area (Å²) >= 11 is 0. The molecule has 2 rings (SSSR count). The minimum atomic E-state index is -0.827. The number of hydrogen-bond donors (Lipinski definition) is 2. The minimum absolute atomic E-state index is 0.0775. The summed E-state index contributed by atoms with van der Waals surface area (Å²) in [6, 6.07) is 0. The molecule has 1 aromatic heterocycles. The molecular weight excluding hydrogens is 254 g/mol. The first-order chi connectivity index (χ1) is 8.98. The van der Waals surface area contributed by atoms with E-state index in [0.717, 1.165) is 11.3 Å². The molecule has 0 spiro atoms. The summed E-state index contributed by atoms with van der Waals surface area (Å²) in [5, 5.41) is 20.3. The van der Waals surface area contributed by atoms with Crippen molar-refractivity contribution in [3.05, 3.63) is 23.0 Å². The molecule has 1 heterocycles. The normalized spacial score (nSPS) is 25.4. The molecule has 0 aromatic carbocycles. The fourth-order valence-corrected chi connectivity index (χ4v) is 3.27. The molecule has 2 atom stereocenters. The topological polar surface area (TPSA) is 62.5 Å². The van der Waals surface area contributed by atoms with Gasteiger partial charge in [-0.25, -0.2) is 0 Å². The third kappa shape index (κ3) is 2.11. The van der Waals surface area contributed by atoms with Crippen LogP contribution in [-0.4, -0.2) is 32.8 Å². The van der Waals surface area contributed by atoms with Crippen LogP contribution in [0.2, 0.25) is 0 Å². The van der Waals surface area contributed by atoms with Gasteiger partial charge >= 0.3 is 0 Å². The molecule has 1 aliphatic rings. The van der Waals surface area contributed by atoms with Gasteiger partial charge in [0.2, 0.25) is 0 Å². The molecule has 112 valence electrons. The zero-order valence-electron chi connectivity index (χ0n) is 13.2. The lowest BCUT2D eigenvalue weighted by atomic mass is 9.71. The van der Waals surface area contributed by atoms with Crippen LogP contribution in [0.5, 0.6) is 0 Å². The van der Waals surface area contributed by atoms with Gasteiger partial charge < -0.3 is 14.8 Å². The molecule has 1 aliphatic carbocycles. The van der Waals surface area contributed by atoms with Crippen molar-refractivity contribution >= 4 is 5.78 Å². The molecule has 0 radical (unpaired) electrons. The van der Waals surface area contributed by atoms with Gasteiger partial charge in [-0.05, 0) is 5.56 Å². The SMILES string of the molecule is Cn1cc(C(=O)C(C)(C)C)c2c1C(C)(C)C(O)C(O)C2. The van der Waals surface area contributed by atoms with Crippen LogP contribution in [0.4, 0.5) is 0 Å². The van der Waals surface area contributed by atoms with Crippen LogP contribution in [-0.2, 0) is 18.9 Å². The summed E-state index contributed by atoms with van der Waals surface area (Å²) in [4.78, 5) is 12.6. The number of aromatic nitrogens is 1. The first kappa shape index (κ1) is 15.3. The number of Topliss-reactive ketones (excluding diaryl/α,β-unsaturated/α-hetero) is 1. The van der Waals surface area contributed by atoms with E-state index in [1.54, 1.807) is 0 Å². The molecule has 0 amide bonds. The second kappa shape index (κ2) is 4.43. The van der Waals surface area contributed by atoms with Crippen molar-refractivity contribution in [2.24, 2.45) is 12.5 Å². The van der Waals surface area contributed by atoms with Gasteiger partial charge in [0.05, 0.1) is 12.2 Å². The van der Waals surface area contributed by atoms with Crippen molar-refractivity contribution < 1.29 is 15.0 Å². The highest BCUT2D eigenvalue weighted by Crippen LogP contribution is 2.40. The molecule has 2 unspecified atom stereocenters. The van der Waals surface area contributed by atoms with Crippen LogP contribution in [0.3, 0.4) is 0 Å². The predicted octanol–water partition coefficient (Wildman–Crippen LogP) is 1.81. The number of aliphatic hydroxyl groups is 2. The number of fused-ring (bicyclic) bond motifs is 1. The van der Waals surface area contributed by atoms with Crippen molar-refractivity contribution in [2.75, 3.05) is 0 Å². The van der Waals surface area contributed by atoms with E-state index >= 15 is 0 Å². The number of ketones is 1. The zero-order valence-corrected chi connectivity index (χ0v) is 13.2. The van der Waals surface area contributed by atoms with Gasteiger partial charge in [-0.15, -0.1) is 0 Å². The Labute approximate surface area is 120 Å². The maximum absolute atomic E-state index is 12.6. The van der Waals surface area contributed by atoms with E-state index in [-0.39, 0.29) is 5.78 Å². The Morgan fingerprint density at radius 2 is 1.90 bits per heavy atom. The fraction of sp³-hybridized carbons (Fsp3) is 0.688. The number of carbonyl (C=O) groups excluding carboxylic acids is 1. The van der Waals surface area contributed by atoms with Crippen molar-refractivity contribution in [3.63, 3.8) is 0 Å². The summed E-state index contributed by atoms with van der Waals surface area (Å²) in [6.07, 6.45) is 0.524. The van der Waals surface area contributed by atoms with E-state index in [4.69, 9.17) is 0 Å². The standard InChI is InChI=1S/C16H25NO3/c1-15(2,3)13(19)10-8-17(6)12-9(10)7-11(18)14(20)16(12,4)5/h8,11,14,18,20H,7H2,1-6H3. The second-order valence-electron chi connectivity index (χ2n) is 7.50. The number of rotatable bonds is 1. The van der Waals surface area contributed by atoms with Crippen molar-refractivity contribution in [3.8, 4) is 0 Å². The highest BCUT2D eigenvalue weighted by molar-refractivity contribution is 6.01. The Balaban J connectivity index is 2.63. The van der Waals surface area contributed by atoms with E-state index in [2.05, 4.69) is 0 Å². The van der Waals surface area contributed by atoms with Gasteiger partial charge in [0, 0.05) is 41.8 Å². The molecule has 0 saturated heterocycles. The first-order valence-corrected chi connectivity index (χ1v) is 7.07. The molecule has 0 aliphatic heterocycles. The van der Waals surface area contributed by atoms with Crippen molar-refractivity contribution in [2.45, 2.75) is 58.7 Å². The predicted molar refractivity (Wildman–Crippen MR) is 77.9 cm³/mol. The fourth-order valence-electron chi connectivity index (χ4n) is 3.27. The Morgan fingerprint density at radius 3 is 2.40 bits per heavy atom. The van der Waals surface area contributed by atoms with Gasteiger partial charge in [0.1, 0.15) is 0 Å². The monoisotopic (exact) mass is 279 g/mol. The van der Waals surface area contributed by atoms with E-state index in [0.29, 0.717) is 12.0 Å². The third-order valence-corrected chi connectivity index (χ3v) is 4.34. The third-order valence-electron chi connectivity index (χ3n) is 4.34. The number of hydrogen-bond acceptors (Lipinski definition) is 3. The van der Waals surface area contributed by atoms with Crippen LogP contribution in [0.1, 0.15) is 56.2 Å². The van der Waals surface area contributed by atoms with Crippen LogP contribution in [0.25, 0.3) is 0 Å². The lowest BCUT2D eigenvalue weighted by Gasteiger charge is -2.39. The Kier molecular flexibility index (Phi) is 3.38. The maximum atomic E-state index is 12.6. The van der Waals surface area contributed by atoms with E-state index < -0.39 is 23.0 Å². The lowest BCUT2D eigenvalue weighted by Crippen LogP contribution is -2.48. The van der Waals surface area contributed by atoms with Crippen molar-refractivity contribution in [1.82, 2.24) is 4.57 Å². The molecule has 2 N–H and O–H groups in total. The summed E-state index contributed by atoms with van der Waals surface area (Å²) in [6.45, 7) is 9.50. The van der Waals surface area contributed by atoms with E-state index in [1.807, 2.05) is 52.4 Å². The largest absolute Gasteiger partial charge is 0.390 e. The summed E-state index contributed by atoms with van der Waals surface area (Å²) in [5.74, 6) is 0.0775. The van der Waals surface area contributed by atoms with Crippen LogP contribution in [0.15, 0.2) is 6.20 Å². The molecule has 0 saturated carbocycles. The van der Waals surface area contributed by atoms with Gasteiger partial charge in [-0.1, -0.05) is 34.6 Å². The average molecular weight is 279 g/mol. The molecule has 1 aromatic rings. The van der Waals surface area contributed by atoms with Gasteiger partial charge in [-0.2, -0.15) is 0 Å². The average Bonchev–Trinajstić information content (AvgIpc) is 2.62. The van der Waals surface area contributed by atoms with Crippen LogP contribution >= 0.6 is 0 Å². The first-order valence-electron chi connectivity index (χ1n) is 7.07. The van der Waals surface area contributed by atoms with Gasteiger partial charge in [0.25, 0.3) is 0 Å². The summed E-state index contributed by atoms with van der Waals surface area (Å²) in [7, 11) is 1.89. The quantitative estimate of drug-likeness (QED) is 0.771. The minimum Gasteiger partial charge on any atom is -0.390 e. The molecule has 0 bridgehead atoms. The van der Waals surface area contributed by atoms with Crippen LogP contribution in [0, 0.1) is 5.41 Å². The van der Waals surface area contributed by atoms with E-state index in [1.165, 1.54) is 0 Å². The zero-order chi connectivity index (χ0) is 15.5. The number of aliphatic hydroxyl groups excluding tert-OH is 2. The number of carbonyl (C=O) groups is 1. The molecular formula is C16H25NO3. The van der Waals surface area contributed by atoms with Gasteiger partial charge in [-0.3, -0.25) is 4.79 Å². The lowest BCUT2D eigenvalue weighted by molar-refractivity contribution is -0.0322. The molecule has 20 heavy (non-hydrogen) atoms. The molecule has 4 nitrogen and oxygen atoms in total.